The van der Waals surface area contributed by atoms with Gasteiger partial charge in [0.05, 0.1) is 6.10 Å². The summed E-state index contributed by atoms with van der Waals surface area (Å²) in [5.74, 6) is 0. The first-order valence-electron chi connectivity index (χ1n) is 7.17. The summed E-state index contributed by atoms with van der Waals surface area (Å²) >= 11 is 3.56. The zero-order chi connectivity index (χ0) is 13.2. The maximum absolute atomic E-state index is 9.85. The SMILES string of the molecule is OC1CCCN(c2ccc(Br)cc2CNC2CC2)C1. The number of nitrogens with zero attached hydrogens (tertiary/aromatic N) is 1. The molecule has 1 heterocycles. The van der Waals surface area contributed by atoms with Gasteiger partial charge in [0.25, 0.3) is 0 Å². The number of rotatable bonds is 4. The second kappa shape index (κ2) is 5.81. The van der Waals surface area contributed by atoms with Crippen LogP contribution in [-0.4, -0.2) is 30.3 Å². The van der Waals surface area contributed by atoms with E-state index in [9.17, 15) is 5.11 Å². The molecule has 2 aliphatic rings. The summed E-state index contributed by atoms with van der Waals surface area (Å²) in [6.07, 6.45) is 4.45. The maximum Gasteiger partial charge on any atom is 0.0715 e. The van der Waals surface area contributed by atoms with Gasteiger partial charge in [-0.1, -0.05) is 15.9 Å². The van der Waals surface area contributed by atoms with Gasteiger partial charge in [-0.25, -0.2) is 0 Å². The van der Waals surface area contributed by atoms with E-state index < -0.39 is 0 Å². The van der Waals surface area contributed by atoms with Crippen molar-refractivity contribution in [1.82, 2.24) is 5.32 Å². The Hall–Kier alpha value is -0.580. The minimum atomic E-state index is -0.179. The average molecular weight is 325 g/mol. The van der Waals surface area contributed by atoms with Gasteiger partial charge < -0.3 is 15.3 Å². The third-order valence-electron chi connectivity index (χ3n) is 3.94. The Balaban J connectivity index is 1.77. The molecule has 3 rings (SSSR count). The second-order valence-corrected chi connectivity index (χ2v) is 6.59. The normalized spacial score (nSPS) is 23.7. The Morgan fingerprint density at radius 2 is 2.16 bits per heavy atom. The summed E-state index contributed by atoms with van der Waals surface area (Å²) in [5.41, 5.74) is 2.60. The monoisotopic (exact) mass is 324 g/mol. The molecule has 0 aromatic heterocycles. The minimum absolute atomic E-state index is 0.179. The van der Waals surface area contributed by atoms with Crippen LogP contribution in [0.15, 0.2) is 22.7 Å². The van der Waals surface area contributed by atoms with Gasteiger partial charge in [0.1, 0.15) is 0 Å². The van der Waals surface area contributed by atoms with Gasteiger partial charge in [0, 0.05) is 35.8 Å². The smallest absolute Gasteiger partial charge is 0.0715 e. The fraction of sp³-hybridized carbons (Fsp3) is 0.600. The molecule has 104 valence electrons. The van der Waals surface area contributed by atoms with E-state index in [0.29, 0.717) is 0 Å². The topological polar surface area (TPSA) is 35.5 Å². The zero-order valence-electron chi connectivity index (χ0n) is 11.1. The van der Waals surface area contributed by atoms with Crippen LogP contribution in [0.5, 0.6) is 0 Å². The van der Waals surface area contributed by atoms with E-state index in [1.54, 1.807) is 0 Å². The van der Waals surface area contributed by atoms with E-state index in [2.05, 4.69) is 44.3 Å². The first-order valence-corrected chi connectivity index (χ1v) is 7.96. The third kappa shape index (κ3) is 3.50. The number of halogens is 1. The quantitative estimate of drug-likeness (QED) is 0.893. The Bertz CT molecular complexity index is 448. The van der Waals surface area contributed by atoms with Crippen LogP contribution in [0.25, 0.3) is 0 Å². The lowest BCUT2D eigenvalue weighted by Crippen LogP contribution is -2.39. The number of hydrogen-bond acceptors (Lipinski definition) is 3. The van der Waals surface area contributed by atoms with Crippen LogP contribution in [0, 0.1) is 0 Å². The molecule has 0 amide bonds. The van der Waals surface area contributed by atoms with Crippen molar-refractivity contribution < 1.29 is 5.11 Å². The van der Waals surface area contributed by atoms with Crippen LogP contribution in [0.4, 0.5) is 5.69 Å². The lowest BCUT2D eigenvalue weighted by Gasteiger charge is -2.33. The van der Waals surface area contributed by atoms with Gasteiger partial charge >= 0.3 is 0 Å². The molecule has 1 aromatic carbocycles. The fourth-order valence-corrected chi connectivity index (χ4v) is 3.13. The molecule has 1 saturated heterocycles. The van der Waals surface area contributed by atoms with Crippen molar-refractivity contribution in [3.63, 3.8) is 0 Å². The van der Waals surface area contributed by atoms with Gasteiger partial charge in [0.15, 0.2) is 0 Å². The highest BCUT2D eigenvalue weighted by Crippen LogP contribution is 2.28. The highest BCUT2D eigenvalue weighted by atomic mass is 79.9. The summed E-state index contributed by atoms with van der Waals surface area (Å²) in [5, 5.41) is 13.4. The Morgan fingerprint density at radius 1 is 1.32 bits per heavy atom. The van der Waals surface area contributed by atoms with Crippen LogP contribution in [0.3, 0.4) is 0 Å². The van der Waals surface area contributed by atoms with Crippen molar-refractivity contribution >= 4 is 21.6 Å². The Morgan fingerprint density at radius 3 is 2.89 bits per heavy atom. The lowest BCUT2D eigenvalue weighted by atomic mass is 10.1. The predicted octanol–water partition coefficient (Wildman–Crippen LogP) is 2.66. The number of anilines is 1. The summed E-state index contributed by atoms with van der Waals surface area (Å²) in [7, 11) is 0. The molecular weight excluding hydrogens is 304 g/mol. The molecular formula is C15H21BrN2O. The molecule has 1 aliphatic carbocycles. The molecule has 0 radical (unpaired) electrons. The molecule has 1 aromatic rings. The summed E-state index contributed by atoms with van der Waals surface area (Å²) in [6, 6.07) is 7.19. The van der Waals surface area contributed by atoms with E-state index in [1.165, 1.54) is 24.1 Å². The summed E-state index contributed by atoms with van der Waals surface area (Å²) in [4.78, 5) is 2.32. The average Bonchev–Trinajstić information content (AvgIpc) is 3.20. The molecule has 2 fully saturated rings. The molecule has 4 heteroatoms. The molecule has 2 N–H and O–H groups in total. The number of aliphatic hydroxyl groups excluding tert-OH is 1. The van der Waals surface area contributed by atoms with Gasteiger partial charge in [0.2, 0.25) is 0 Å². The number of piperidine rings is 1. The third-order valence-corrected chi connectivity index (χ3v) is 4.43. The van der Waals surface area contributed by atoms with Gasteiger partial charge in [-0.15, -0.1) is 0 Å². The van der Waals surface area contributed by atoms with E-state index in [1.807, 2.05) is 0 Å². The molecule has 0 bridgehead atoms. The number of aliphatic hydroxyl groups is 1. The molecule has 3 nitrogen and oxygen atoms in total. The van der Waals surface area contributed by atoms with Crippen LogP contribution >= 0.6 is 15.9 Å². The van der Waals surface area contributed by atoms with Crippen molar-refractivity contribution in [3.8, 4) is 0 Å². The predicted molar refractivity (Wildman–Crippen MR) is 81.5 cm³/mol. The standard InChI is InChI=1S/C15H21BrN2O/c16-12-3-6-15(18-7-1-2-14(19)10-18)11(8-12)9-17-13-4-5-13/h3,6,8,13-14,17,19H,1-2,4-5,7,9-10H2. The van der Waals surface area contributed by atoms with Crippen molar-refractivity contribution in [1.29, 1.82) is 0 Å². The Kier molecular flexibility index (Phi) is 4.10. The molecule has 19 heavy (non-hydrogen) atoms. The first kappa shape index (κ1) is 13.4. The Labute approximate surface area is 123 Å². The van der Waals surface area contributed by atoms with E-state index >= 15 is 0 Å². The van der Waals surface area contributed by atoms with E-state index in [4.69, 9.17) is 0 Å². The number of benzene rings is 1. The lowest BCUT2D eigenvalue weighted by molar-refractivity contribution is 0.154. The number of nitrogens with one attached hydrogen (secondary N) is 1. The van der Waals surface area contributed by atoms with Crippen LogP contribution in [-0.2, 0) is 6.54 Å². The van der Waals surface area contributed by atoms with Gasteiger partial charge in [-0.05, 0) is 49.4 Å². The van der Waals surface area contributed by atoms with Gasteiger partial charge in [-0.3, -0.25) is 0 Å². The van der Waals surface area contributed by atoms with Gasteiger partial charge in [-0.2, -0.15) is 0 Å². The minimum Gasteiger partial charge on any atom is -0.391 e. The fourth-order valence-electron chi connectivity index (χ4n) is 2.72. The van der Waals surface area contributed by atoms with Crippen LogP contribution < -0.4 is 10.2 Å². The molecule has 0 spiro atoms. The highest BCUT2D eigenvalue weighted by molar-refractivity contribution is 9.10. The largest absolute Gasteiger partial charge is 0.391 e. The summed E-state index contributed by atoms with van der Waals surface area (Å²) < 4.78 is 1.13. The molecule has 1 aliphatic heterocycles. The molecule has 1 atom stereocenters. The number of β-amino-alcohol motifs (C(OH)–C–C–N with tert-alkyl or cyclic N) is 1. The van der Waals surface area contributed by atoms with E-state index in [0.717, 1.165) is 43.0 Å². The van der Waals surface area contributed by atoms with Crippen molar-refractivity contribution in [2.24, 2.45) is 0 Å². The molecule has 1 unspecified atom stereocenters. The van der Waals surface area contributed by atoms with Crippen molar-refractivity contribution in [3.05, 3.63) is 28.2 Å². The maximum atomic E-state index is 9.85. The highest BCUT2D eigenvalue weighted by Gasteiger charge is 2.23. The zero-order valence-corrected chi connectivity index (χ0v) is 12.7. The first-order chi connectivity index (χ1) is 9.22. The van der Waals surface area contributed by atoms with Crippen LogP contribution in [0.2, 0.25) is 0 Å². The molecule has 1 saturated carbocycles. The van der Waals surface area contributed by atoms with Crippen molar-refractivity contribution in [2.45, 2.75) is 44.4 Å². The van der Waals surface area contributed by atoms with Crippen LogP contribution in [0.1, 0.15) is 31.2 Å². The number of hydrogen-bond donors (Lipinski definition) is 2. The second-order valence-electron chi connectivity index (χ2n) is 5.67. The van der Waals surface area contributed by atoms with E-state index in [-0.39, 0.29) is 6.10 Å². The summed E-state index contributed by atoms with van der Waals surface area (Å²) in [6.45, 7) is 2.74. The van der Waals surface area contributed by atoms with Crippen molar-refractivity contribution in [2.75, 3.05) is 18.0 Å².